The van der Waals surface area contributed by atoms with Crippen molar-refractivity contribution in [3.63, 3.8) is 0 Å². The molecule has 0 rings (SSSR count). The maximum absolute atomic E-state index is 8.74. The van der Waals surface area contributed by atoms with E-state index in [-0.39, 0.29) is 6.10 Å². The van der Waals surface area contributed by atoms with Gasteiger partial charge in [0.25, 0.3) is 0 Å². The lowest BCUT2D eigenvalue weighted by atomic mass is 10.1. The van der Waals surface area contributed by atoms with Crippen LogP contribution in [0.1, 0.15) is 26.2 Å². The molecule has 0 spiro atoms. The zero-order valence-electron chi connectivity index (χ0n) is 5.75. The van der Waals surface area contributed by atoms with E-state index in [4.69, 9.17) is 15.9 Å². The molecule has 0 aromatic carbocycles. The second-order valence-electron chi connectivity index (χ2n) is 2.35. The molecule has 0 aliphatic rings. The van der Waals surface area contributed by atoms with E-state index in [2.05, 4.69) is 0 Å². The van der Waals surface area contributed by atoms with Crippen molar-refractivity contribution in [3.8, 4) is 0 Å². The number of hydrogen-bond donors (Lipinski definition) is 3. The normalized spacial score (nSPS) is 17.3. The van der Waals surface area contributed by atoms with E-state index < -0.39 is 6.23 Å². The van der Waals surface area contributed by atoms with Gasteiger partial charge in [-0.3, -0.25) is 0 Å². The Morgan fingerprint density at radius 2 is 1.89 bits per heavy atom. The molecule has 2 unspecified atom stereocenters. The quantitative estimate of drug-likeness (QED) is 0.466. The fourth-order valence-electron chi connectivity index (χ4n) is 0.622. The van der Waals surface area contributed by atoms with Crippen molar-refractivity contribution < 1.29 is 10.2 Å². The molecule has 0 saturated carbocycles. The fourth-order valence-corrected chi connectivity index (χ4v) is 0.622. The first-order valence-electron chi connectivity index (χ1n) is 3.24. The highest BCUT2D eigenvalue weighted by molar-refractivity contribution is 4.50. The van der Waals surface area contributed by atoms with Gasteiger partial charge in [-0.05, 0) is 26.2 Å². The third-order valence-electron chi connectivity index (χ3n) is 1.12. The summed E-state index contributed by atoms with van der Waals surface area (Å²) in [6.07, 6.45) is 1.08. The fraction of sp³-hybridized carbons (Fsp3) is 1.00. The first-order chi connectivity index (χ1) is 4.13. The number of nitrogens with two attached hydrogens (primary N) is 1. The van der Waals surface area contributed by atoms with Crippen molar-refractivity contribution in [2.45, 2.75) is 38.5 Å². The summed E-state index contributed by atoms with van der Waals surface area (Å²) in [5.41, 5.74) is 5.05. The molecule has 0 aromatic rings. The summed E-state index contributed by atoms with van der Waals surface area (Å²) >= 11 is 0. The van der Waals surface area contributed by atoms with E-state index >= 15 is 0 Å². The van der Waals surface area contributed by atoms with Gasteiger partial charge in [-0.2, -0.15) is 0 Å². The maximum atomic E-state index is 8.74. The topological polar surface area (TPSA) is 66.5 Å². The van der Waals surface area contributed by atoms with Gasteiger partial charge in [0.2, 0.25) is 0 Å². The molecule has 0 amide bonds. The molecule has 2 atom stereocenters. The Labute approximate surface area is 55.5 Å². The van der Waals surface area contributed by atoms with E-state index in [1.165, 1.54) is 0 Å². The first kappa shape index (κ1) is 8.88. The van der Waals surface area contributed by atoms with Gasteiger partial charge < -0.3 is 15.9 Å². The smallest absolute Gasteiger partial charge is 0.102 e. The van der Waals surface area contributed by atoms with Crippen molar-refractivity contribution in [2.24, 2.45) is 5.73 Å². The summed E-state index contributed by atoms with van der Waals surface area (Å²) < 4.78 is 0. The van der Waals surface area contributed by atoms with E-state index in [0.29, 0.717) is 12.8 Å². The predicted molar refractivity (Wildman–Crippen MR) is 35.7 cm³/mol. The second kappa shape index (κ2) is 4.73. The Morgan fingerprint density at radius 1 is 1.33 bits per heavy atom. The van der Waals surface area contributed by atoms with Crippen LogP contribution in [0.2, 0.25) is 0 Å². The highest BCUT2D eigenvalue weighted by atomic mass is 16.3. The van der Waals surface area contributed by atoms with Crippen LogP contribution in [0.4, 0.5) is 0 Å². The molecule has 0 aromatic heterocycles. The molecule has 0 aliphatic carbocycles. The SMILES string of the molecule is CC(O)CCCC(N)O. The van der Waals surface area contributed by atoms with Gasteiger partial charge in [-0.25, -0.2) is 0 Å². The van der Waals surface area contributed by atoms with Crippen LogP contribution in [0.3, 0.4) is 0 Å². The van der Waals surface area contributed by atoms with Gasteiger partial charge in [0.05, 0.1) is 6.10 Å². The molecule has 4 N–H and O–H groups in total. The van der Waals surface area contributed by atoms with Crippen molar-refractivity contribution in [1.82, 2.24) is 0 Å². The predicted octanol–water partition coefficient (Wildman–Crippen LogP) is -0.185. The Morgan fingerprint density at radius 3 is 2.22 bits per heavy atom. The van der Waals surface area contributed by atoms with Gasteiger partial charge >= 0.3 is 0 Å². The zero-order chi connectivity index (χ0) is 7.28. The molecule has 3 heteroatoms. The third kappa shape index (κ3) is 7.88. The number of aliphatic hydroxyl groups excluding tert-OH is 2. The lowest BCUT2D eigenvalue weighted by Crippen LogP contribution is -2.18. The molecule has 0 bridgehead atoms. The van der Waals surface area contributed by atoms with Crippen LogP contribution in [0.5, 0.6) is 0 Å². The van der Waals surface area contributed by atoms with Crippen LogP contribution >= 0.6 is 0 Å². The van der Waals surface area contributed by atoms with Crippen LogP contribution in [0.25, 0.3) is 0 Å². The number of rotatable bonds is 4. The summed E-state index contributed by atoms with van der Waals surface area (Å²) in [6, 6.07) is 0. The summed E-state index contributed by atoms with van der Waals surface area (Å²) in [5, 5.41) is 17.3. The molecule has 9 heavy (non-hydrogen) atoms. The summed E-state index contributed by atoms with van der Waals surface area (Å²) in [7, 11) is 0. The van der Waals surface area contributed by atoms with Gasteiger partial charge in [-0.1, -0.05) is 0 Å². The molecular formula is C6H15NO2. The molecule has 0 radical (unpaired) electrons. The average molecular weight is 133 g/mol. The van der Waals surface area contributed by atoms with Gasteiger partial charge in [0, 0.05) is 0 Å². The van der Waals surface area contributed by atoms with Crippen LogP contribution in [0.15, 0.2) is 0 Å². The Bertz CT molecular complexity index is 56.1. The lowest BCUT2D eigenvalue weighted by molar-refractivity contribution is 0.146. The highest BCUT2D eigenvalue weighted by Crippen LogP contribution is 2.00. The van der Waals surface area contributed by atoms with Crippen LogP contribution < -0.4 is 5.73 Å². The lowest BCUT2D eigenvalue weighted by Gasteiger charge is -2.04. The van der Waals surface area contributed by atoms with Crippen molar-refractivity contribution in [1.29, 1.82) is 0 Å². The van der Waals surface area contributed by atoms with E-state index in [1.807, 2.05) is 0 Å². The molecule has 3 nitrogen and oxygen atoms in total. The molecule has 0 heterocycles. The minimum atomic E-state index is -0.719. The van der Waals surface area contributed by atoms with Gasteiger partial charge in [-0.15, -0.1) is 0 Å². The zero-order valence-corrected chi connectivity index (χ0v) is 5.75. The van der Waals surface area contributed by atoms with Crippen LogP contribution in [-0.4, -0.2) is 22.5 Å². The van der Waals surface area contributed by atoms with Gasteiger partial charge in [0.15, 0.2) is 0 Å². The summed E-state index contributed by atoms with van der Waals surface area (Å²) in [5.74, 6) is 0. The second-order valence-corrected chi connectivity index (χ2v) is 2.35. The van der Waals surface area contributed by atoms with Crippen molar-refractivity contribution in [2.75, 3.05) is 0 Å². The Hall–Kier alpha value is -0.120. The molecule has 0 saturated heterocycles. The monoisotopic (exact) mass is 133 g/mol. The average Bonchev–Trinajstić information content (AvgIpc) is 1.63. The summed E-state index contributed by atoms with van der Waals surface area (Å²) in [6.45, 7) is 1.73. The van der Waals surface area contributed by atoms with Crippen molar-refractivity contribution in [3.05, 3.63) is 0 Å². The standard InChI is InChI=1S/C6H15NO2/c1-5(8)3-2-4-6(7)9/h5-6,8-9H,2-4,7H2,1H3. The number of hydrogen-bond acceptors (Lipinski definition) is 3. The highest BCUT2D eigenvalue weighted by Gasteiger charge is 1.98. The minimum absolute atomic E-state index is 0.274. The van der Waals surface area contributed by atoms with E-state index in [1.54, 1.807) is 6.92 Å². The van der Waals surface area contributed by atoms with Crippen LogP contribution in [-0.2, 0) is 0 Å². The Kier molecular flexibility index (Phi) is 4.67. The Balaban J connectivity index is 2.91. The molecular weight excluding hydrogens is 118 g/mol. The molecule has 0 aliphatic heterocycles. The van der Waals surface area contributed by atoms with Crippen molar-refractivity contribution >= 4 is 0 Å². The van der Waals surface area contributed by atoms with Gasteiger partial charge in [0.1, 0.15) is 6.23 Å². The largest absolute Gasteiger partial charge is 0.393 e. The van der Waals surface area contributed by atoms with E-state index in [0.717, 1.165) is 6.42 Å². The number of aliphatic hydroxyl groups is 2. The first-order valence-corrected chi connectivity index (χ1v) is 3.24. The summed E-state index contributed by atoms with van der Waals surface area (Å²) in [4.78, 5) is 0. The third-order valence-corrected chi connectivity index (χ3v) is 1.12. The minimum Gasteiger partial charge on any atom is -0.393 e. The van der Waals surface area contributed by atoms with E-state index in [9.17, 15) is 0 Å². The maximum Gasteiger partial charge on any atom is 0.102 e. The van der Waals surface area contributed by atoms with Crippen LogP contribution in [0, 0.1) is 0 Å². The molecule has 0 fully saturated rings. The molecule has 56 valence electrons.